The maximum atomic E-state index is 5.73. The average molecular weight is 284 g/mol. The van der Waals surface area contributed by atoms with Crippen LogP contribution in [0.15, 0.2) is 23.8 Å². The minimum Gasteiger partial charge on any atom is -0.454 e. The highest BCUT2D eigenvalue weighted by molar-refractivity contribution is 5.53. The van der Waals surface area contributed by atoms with Gasteiger partial charge < -0.3 is 9.47 Å². The molecular formula is C19H24O2. The topological polar surface area (TPSA) is 18.5 Å². The van der Waals surface area contributed by atoms with Gasteiger partial charge in [0, 0.05) is 5.56 Å². The summed E-state index contributed by atoms with van der Waals surface area (Å²) in [6.07, 6.45) is 11.5. The number of ether oxygens (including phenoxy) is 2. The number of allylic oxidation sites excluding steroid dienone is 2. The number of unbranched alkanes of at least 4 members (excludes halogenated alkanes) is 1. The average Bonchev–Trinajstić information content (AvgIpc) is 3.00. The summed E-state index contributed by atoms with van der Waals surface area (Å²) in [5.74, 6) is 3.57. The molecule has 1 aromatic rings. The Morgan fingerprint density at radius 3 is 3.10 bits per heavy atom. The Balaban J connectivity index is 1.67. The highest BCUT2D eigenvalue weighted by Crippen LogP contribution is 2.48. The summed E-state index contributed by atoms with van der Waals surface area (Å²) in [5.41, 5.74) is 4.66. The zero-order valence-corrected chi connectivity index (χ0v) is 12.9. The highest BCUT2D eigenvalue weighted by Gasteiger charge is 2.36. The van der Waals surface area contributed by atoms with Gasteiger partial charge in [-0.25, -0.2) is 0 Å². The maximum absolute atomic E-state index is 5.73. The van der Waals surface area contributed by atoms with Crippen LogP contribution in [0.3, 0.4) is 0 Å². The quantitative estimate of drug-likeness (QED) is 0.736. The van der Waals surface area contributed by atoms with Gasteiger partial charge in [-0.3, -0.25) is 0 Å². The highest BCUT2D eigenvalue weighted by atomic mass is 16.7. The number of hydrogen-bond acceptors (Lipinski definition) is 2. The van der Waals surface area contributed by atoms with Gasteiger partial charge in [0.05, 0.1) is 0 Å². The molecule has 112 valence electrons. The molecule has 2 heteroatoms. The molecule has 3 aliphatic rings. The molecule has 2 atom stereocenters. The van der Waals surface area contributed by atoms with E-state index in [1.54, 1.807) is 5.57 Å². The number of fused-ring (bicyclic) bond motifs is 4. The van der Waals surface area contributed by atoms with Crippen LogP contribution in [0.4, 0.5) is 0 Å². The van der Waals surface area contributed by atoms with Crippen molar-refractivity contribution in [2.45, 2.75) is 51.9 Å². The lowest BCUT2D eigenvalue weighted by atomic mass is 9.66. The lowest BCUT2D eigenvalue weighted by Gasteiger charge is -2.39. The van der Waals surface area contributed by atoms with Crippen LogP contribution in [0.2, 0.25) is 0 Å². The first-order valence-corrected chi connectivity index (χ1v) is 8.46. The molecule has 2 aliphatic carbocycles. The minimum atomic E-state index is 0.390. The molecule has 0 radical (unpaired) electrons. The molecule has 1 aliphatic heterocycles. The van der Waals surface area contributed by atoms with Crippen LogP contribution in [0, 0.1) is 11.8 Å². The SMILES string of the molecule is CCC/C=C1\CCCC2Cc3c(ccc4c3OCO4)CC12. The van der Waals surface area contributed by atoms with Crippen LogP contribution >= 0.6 is 0 Å². The van der Waals surface area contributed by atoms with E-state index in [4.69, 9.17) is 9.47 Å². The van der Waals surface area contributed by atoms with Gasteiger partial charge in [0.1, 0.15) is 0 Å². The van der Waals surface area contributed by atoms with E-state index in [-0.39, 0.29) is 0 Å². The molecule has 0 saturated heterocycles. The predicted octanol–water partition coefficient (Wildman–Crippen LogP) is 4.66. The van der Waals surface area contributed by atoms with Gasteiger partial charge in [-0.1, -0.05) is 31.1 Å². The summed E-state index contributed by atoms with van der Waals surface area (Å²) >= 11 is 0. The maximum Gasteiger partial charge on any atom is 0.231 e. The van der Waals surface area contributed by atoms with Crippen LogP contribution in [0.5, 0.6) is 11.5 Å². The summed E-state index contributed by atoms with van der Waals surface area (Å²) in [7, 11) is 0. The summed E-state index contributed by atoms with van der Waals surface area (Å²) in [4.78, 5) is 0. The second kappa shape index (κ2) is 5.40. The van der Waals surface area contributed by atoms with E-state index in [9.17, 15) is 0 Å². The van der Waals surface area contributed by atoms with Crippen molar-refractivity contribution in [1.82, 2.24) is 0 Å². The molecule has 2 unspecified atom stereocenters. The Bertz CT molecular complexity index is 573. The van der Waals surface area contributed by atoms with Gasteiger partial charge in [-0.15, -0.1) is 0 Å². The van der Waals surface area contributed by atoms with Crippen molar-refractivity contribution < 1.29 is 9.47 Å². The third-order valence-corrected chi connectivity index (χ3v) is 5.43. The first-order valence-electron chi connectivity index (χ1n) is 8.46. The standard InChI is InChI=1S/C19H24O2/c1-2-3-5-13-6-4-7-14-11-17-15(10-16(13)14)8-9-18-19(17)21-12-20-18/h5,8-9,14,16H,2-4,6-7,10-12H2,1H3/b13-5+. The molecule has 2 nitrogen and oxygen atoms in total. The van der Waals surface area contributed by atoms with Crippen LogP contribution in [-0.4, -0.2) is 6.79 Å². The first kappa shape index (κ1) is 13.2. The molecule has 1 saturated carbocycles. The molecule has 0 amide bonds. The number of benzene rings is 1. The van der Waals surface area contributed by atoms with Crippen molar-refractivity contribution in [3.05, 3.63) is 34.9 Å². The smallest absolute Gasteiger partial charge is 0.231 e. The van der Waals surface area contributed by atoms with Gasteiger partial charge in [-0.05, 0) is 62.0 Å². The second-order valence-electron chi connectivity index (χ2n) is 6.67. The largest absolute Gasteiger partial charge is 0.454 e. The van der Waals surface area contributed by atoms with Gasteiger partial charge in [0.15, 0.2) is 11.5 Å². The van der Waals surface area contributed by atoms with Crippen LogP contribution in [0.25, 0.3) is 0 Å². The van der Waals surface area contributed by atoms with Crippen LogP contribution in [-0.2, 0) is 12.8 Å². The van der Waals surface area contributed by atoms with E-state index < -0.39 is 0 Å². The third kappa shape index (κ3) is 2.25. The minimum absolute atomic E-state index is 0.390. The summed E-state index contributed by atoms with van der Waals surface area (Å²) in [5, 5.41) is 0. The fourth-order valence-corrected chi connectivity index (χ4v) is 4.37. The van der Waals surface area contributed by atoms with Crippen molar-refractivity contribution >= 4 is 0 Å². The van der Waals surface area contributed by atoms with Crippen molar-refractivity contribution in [3.63, 3.8) is 0 Å². The molecule has 1 aromatic carbocycles. The normalized spacial score (nSPS) is 28.3. The van der Waals surface area contributed by atoms with Crippen molar-refractivity contribution in [1.29, 1.82) is 0 Å². The van der Waals surface area contributed by atoms with E-state index in [2.05, 4.69) is 25.1 Å². The monoisotopic (exact) mass is 284 g/mol. The Morgan fingerprint density at radius 2 is 2.19 bits per heavy atom. The zero-order valence-electron chi connectivity index (χ0n) is 12.9. The molecule has 0 spiro atoms. The van der Waals surface area contributed by atoms with Crippen LogP contribution < -0.4 is 9.47 Å². The molecular weight excluding hydrogens is 260 g/mol. The Morgan fingerprint density at radius 1 is 1.24 bits per heavy atom. The molecule has 1 heterocycles. The van der Waals surface area contributed by atoms with Gasteiger partial charge in [0.25, 0.3) is 0 Å². The Labute approximate surface area is 127 Å². The predicted molar refractivity (Wildman–Crippen MR) is 83.8 cm³/mol. The van der Waals surface area contributed by atoms with E-state index in [0.29, 0.717) is 6.79 Å². The molecule has 4 rings (SSSR count). The van der Waals surface area contributed by atoms with Gasteiger partial charge >= 0.3 is 0 Å². The van der Waals surface area contributed by atoms with E-state index >= 15 is 0 Å². The van der Waals surface area contributed by atoms with E-state index in [1.165, 1.54) is 56.1 Å². The first-order chi connectivity index (χ1) is 10.4. The third-order valence-electron chi connectivity index (χ3n) is 5.43. The lowest BCUT2D eigenvalue weighted by Crippen LogP contribution is -2.30. The zero-order chi connectivity index (χ0) is 14.2. The molecule has 21 heavy (non-hydrogen) atoms. The van der Waals surface area contributed by atoms with Crippen LogP contribution in [0.1, 0.15) is 50.2 Å². The second-order valence-corrected chi connectivity index (χ2v) is 6.67. The summed E-state index contributed by atoms with van der Waals surface area (Å²) in [6, 6.07) is 4.37. The van der Waals surface area contributed by atoms with E-state index in [0.717, 1.165) is 23.3 Å². The molecule has 1 fully saturated rings. The van der Waals surface area contributed by atoms with Crippen molar-refractivity contribution in [2.75, 3.05) is 6.79 Å². The summed E-state index contributed by atoms with van der Waals surface area (Å²) in [6.45, 7) is 2.66. The van der Waals surface area contributed by atoms with Gasteiger partial charge in [-0.2, -0.15) is 0 Å². The number of rotatable bonds is 2. The van der Waals surface area contributed by atoms with Gasteiger partial charge in [0.2, 0.25) is 6.79 Å². The van der Waals surface area contributed by atoms with Crippen molar-refractivity contribution in [2.24, 2.45) is 11.8 Å². The molecule has 0 aromatic heterocycles. The Kier molecular flexibility index (Phi) is 3.40. The van der Waals surface area contributed by atoms with E-state index in [1.807, 2.05) is 0 Å². The summed E-state index contributed by atoms with van der Waals surface area (Å²) < 4.78 is 11.3. The fourth-order valence-electron chi connectivity index (χ4n) is 4.37. The van der Waals surface area contributed by atoms with Crippen molar-refractivity contribution in [3.8, 4) is 11.5 Å². The number of hydrogen-bond donors (Lipinski definition) is 0. The lowest BCUT2D eigenvalue weighted by molar-refractivity contribution is 0.172. The Hall–Kier alpha value is -1.44. The molecule has 0 bridgehead atoms. The molecule has 0 N–H and O–H groups in total. The fraction of sp³-hybridized carbons (Fsp3) is 0.579.